The number of carbonyl (C=O) groups is 1. The monoisotopic (exact) mass is 288 g/mol. The van der Waals surface area contributed by atoms with Crippen molar-refractivity contribution in [3.63, 3.8) is 0 Å². The van der Waals surface area contributed by atoms with E-state index in [2.05, 4.69) is 11.3 Å². The first-order valence-corrected chi connectivity index (χ1v) is 7.45. The minimum absolute atomic E-state index is 0.312. The summed E-state index contributed by atoms with van der Waals surface area (Å²) in [6.45, 7) is 14.9. The summed E-state index contributed by atoms with van der Waals surface area (Å²) >= 11 is 0. The zero-order chi connectivity index (χ0) is 16.4. The van der Waals surface area contributed by atoms with Gasteiger partial charge in [0.2, 0.25) is 0 Å². The minimum Gasteiger partial charge on any atom is -0.463 e. The third-order valence-electron chi connectivity index (χ3n) is 3.83. The second kappa shape index (κ2) is 9.94. The summed E-state index contributed by atoms with van der Waals surface area (Å²) in [5.41, 5.74) is -1.36. The topological polar surface area (TPSA) is 66.8 Å². The molecule has 0 aromatic rings. The molecule has 0 amide bonds. The standard InChI is InChI=1S/C10H22O2.C6H10O2/c1-5-9(11,6-2)10(12,7-3)8-4;1-4-8-6(7)5(2)3/h11-12H,5-8H2,1-4H3;2,4H2,1,3H3. The summed E-state index contributed by atoms with van der Waals surface area (Å²) in [6, 6.07) is 0. The molecule has 0 aliphatic rings. The Balaban J connectivity index is 0. The molecule has 0 saturated heterocycles. The lowest BCUT2D eigenvalue weighted by atomic mass is 9.75. The third kappa shape index (κ3) is 6.06. The molecule has 0 unspecified atom stereocenters. The number of aliphatic hydroxyl groups is 2. The van der Waals surface area contributed by atoms with Crippen molar-refractivity contribution in [2.24, 2.45) is 0 Å². The van der Waals surface area contributed by atoms with E-state index in [0.717, 1.165) is 0 Å². The van der Waals surface area contributed by atoms with Crippen LogP contribution in [0.2, 0.25) is 0 Å². The Morgan fingerprint density at radius 2 is 1.25 bits per heavy atom. The Morgan fingerprint density at radius 1 is 0.950 bits per heavy atom. The van der Waals surface area contributed by atoms with Crippen LogP contribution in [0.5, 0.6) is 0 Å². The number of esters is 1. The highest BCUT2D eigenvalue weighted by Crippen LogP contribution is 2.34. The number of ether oxygens (including phenoxy) is 1. The van der Waals surface area contributed by atoms with Gasteiger partial charge in [-0.3, -0.25) is 0 Å². The van der Waals surface area contributed by atoms with Crippen LogP contribution in [0.15, 0.2) is 12.2 Å². The Kier molecular flexibility index (Phi) is 10.7. The van der Waals surface area contributed by atoms with E-state index in [9.17, 15) is 15.0 Å². The molecule has 0 radical (unpaired) electrons. The first-order valence-electron chi connectivity index (χ1n) is 7.45. The van der Waals surface area contributed by atoms with Gasteiger partial charge in [0, 0.05) is 5.57 Å². The molecule has 4 heteroatoms. The largest absolute Gasteiger partial charge is 0.463 e. The lowest BCUT2D eigenvalue weighted by Crippen LogP contribution is -2.52. The highest BCUT2D eigenvalue weighted by atomic mass is 16.5. The highest BCUT2D eigenvalue weighted by molar-refractivity contribution is 5.86. The van der Waals surface area contributed by atoms with E-state index < -0.39 is 11.2 Å². The van der Waals surface area contributed by atoms with E-state index in [0.29, 0.717) is 37.9 Å². The number of hydrogen-bond acceptors (Lipinski definition) is 4. The van der Waals surface area contributed by atoms with Crippen molar-refractivity contribution in [3.05, 3.63) is 12.2 Å². The van der Waals surface area contributed by atoms with Crippen LogP contribution in [-0.4, -0.2) is 34.0 Å². The molecule has 120 valence electrons. The lowest BCUT2D eigenvalue weighted by Gasteiger charge is -2.42. The van der Waals surface area contributed by atoms with E-state index in [1.165, 1.54) is 0 Å². The van der Waals surface area contributed by atoms with Crippen LogP contribution in [-0.2, 0) is 9.53 Å². The second-order valence-electron chi connectivity index (χ2n) is 4.98. The average Bonchev–Trinajstić information content (AvgIpc) is 2.46. The molecule has 0 rings (SSSR count). The van der Waals surface area contributed by atoms with Crippen LogP contribution in [0.1, 0.15) is 67.2 Å². The Morgan fingerprint density at radius 3 is 1.35 bits per heavy atom. The van der Waals surface area contributed by atoms with E-state index in [-0.39, 0.29) is 5.97 Å². The molecule has 0 heterocycles. The van der Waals surface area contributed by atoms with Gasteiger partial charge in [0.1, 0.15) is 0 Å². The zero-order valence-electron chi connectivity index (χ0n) is 14.0. The smallest absolute Gasteiger partial charge is 0.333 e. The quantitative estimate of drug-likeness (QED) is 0.557. The first kappa shape index (κ1) is 21.4. The van der Waals surface area contributed by atoms with E-state index >= 15 is 0 Å². The van der Waals surface area contributed by atoms with Crippen molar-refractivity contribution >= 4 is 5.97 Å². The van der Waals surface area contributed by atoms with Gasteiger partial charge in [-0.1, -0.05) is 34.3 Å². The van der Waals surface area contributed by atoms with Crippen molar-refractivity contribution in [2.75, 3.05) is 6.61 Å². The van der Waals surface area contributed by atoms with Crippen molar-refractivity contribution in [3.8, 4) is 0 Å². The summed E-state index contributed by atoms with van der Waals surface area (Å²) in [7, 11) is 0. The Hall–Kier alpha value is -0.870. The predicted molar refractivity (Wildman–Crippen MR) is 82.5 cm³/mol. The molecule has 0 atom stereocenters. The second-order valence-corrected chi connectivity index (χ2v) is 4.98. The summed E-state index contributed by atoms with van der Waals surface area (Å²) in [4.78, 5) is 10.4. The predicted octanol–water partition coefficient (Wildman–Crippen LogP) is 3.21. The van der Waals surface area contributed by atoms with E-state index in [4.69, 9.17) is 0 Å². The molecule has 0 spiro atoms. The van der Waals surface area contributed by atoms with Crippen LogP contribution in [0.4, 0.5) is 0 Å². The van der Waals surface area contributed by atoms with Gasteiger partial charge in [0.15, 0.2) is 0 Å². The van der Waals surface area contributed by atoms with Crippen LogP contribution in [0, 0.1) is 0 Å². The molecule has 0 fully saturated rings. The summed E-state index contributed by atoms with van der Waals surface area (Å²) < 4.78 is 4.56. The van der Waals surface area contributed by atoms with Crippen molar-refractivity contribution < 1.29 is 19.7 Å². The van der Waals surface area contributed by atoms with Crippen molar-refractivity contribution in [1.29, 1.82) is 0 Å². The maximum Gasteiger partial charge on any atom is 0.333 e. The van der Waals surface area contributed by atoms with Crippen LogP contribution in [0.25, 0.3) is 0 Å². The molecule has 0 aromatic heterocycles. The Bertz CT molecular complexity index is 273. The summed E-state index contributed by atoms with van der Waals surface area (Å²) in [5.74, 6) is -0.312. The van der Waals surface area contributed by atoms with Gasteiger partial charge < -0.3 is 14.9 Å². The zero-order valence-corrected chi connectivity index (χ0v) is 14.0. The number of hydrogen-bond donors (Lipinski definition) is 2. The van der Waals surface area contributed by atoms with E-state index in [1.54, 1.807) is 13.8 Å². The van der Waals surface area contributed by atoms with Gasteiger partial charge in [-0.15, -0.1) is 0 Å². The fourth-order valence-corrected chi connectivity index (χ4v) is 2.07. The molecular weight excluding hydrogens is 256 g/mol. The number of rotatable bonds is 7. The fourth-order valence-electron chi connectivity index (χ4n) is 2.07. The van der Waals surface area contributed by atoms with Gasteiger partial charge in [0.05, 0.1) is 17.8 Å². The van der Waals surface area contributed by atoms with Gasteiger partial charge in [-0.25, -0.2) is 4.79 Å². The minimum atomic E-state index is -0.906. The molecule has 0 saturated carbocycles. The molecule has 2 N–H and O–H groups in total. The lowest BCUT2D eigenvalue weighted by molar-refractivity contribution is -0.159. The van der Waals surface area contributed by atoms with Gasteiger partial charge in [0.25, 0.3) is 0 Å². The molecule has 0 bridgehead atoms. The molecule has 4 nitrogen and oxygen atoms in total. The van der Waals surface area contributed by atoms with Crippen LogP contribution in [0.3, 0.4) is 0 Å². The third-order valence-corrected chi connectivity index (χ3v) is 3.83. The molecule has 20 heavy (non-hydrogen) atoms. The van der Waals surface area contributed by atoms with Crippen molar-refractivity contribution in [1.82, 2.24) is 0 Å². The maximum absolute atomic E-state index is 10.4. The highest BCUT2D eigenvalue weighted by Gasteiger charge is 2.43. The fraction of sp³-hybridized carbons (Fsp3) is 0.812. The summed E-state index contributed by atoms with van der Waals surface area (Å²) in [6.07, 6.45) is 2.45. The molecule has 0 aliphatic carbocycles. The molecule has 0 aromatic carbocycles. The van der Waals surface area contributed by atoms with Gasteiger partial charge in [-0.05, 0) is 39.5 Å². The maximum atomic E-state index is 10.4. The first-order chi connectivity index (χ1) is 9.17. The number of carbonyl (C=O) groups excluding carboxylic acids is 1. The van der Waals surface area contributed by atoms with Gasteiger partial charge >= 0.3 is 5.97 Å². The SMILES string of the molecule is C=C(C)C(=O)OCC.CCC(O)(CC)C(O)(CC)CC. The molecular formula is C16H32O4. The normalized spacial score (nSPS) is 11.4. The van der Waals surface area contributed by atoms with Gasteiger partial charge in [-0.2, -0.15) is 0 Å². The van der Waals surface area contributed by atoms with Crippen LogP contribution >= 0.6 is 0 Å². The molecule has 0 aliphatic heterocycles. The Labute approximate surface area is 123 Å². The van der Waals surface area contributed by atoms with E-state index in [1.807, 2.05) is 27.7 Å². The average molecular weight is 288 g/mol. The van der Waals surface area contributed by atoms with Crippen molar-refractivity contribution in [2.45, 2.75) is 78.4 Å². The summed E-state index contributed by atoms with van der Waals surface area (Å²) in [5, 5.41) is 20.2. The van der Waals surface area contributed by atoms with Crippen LogP contribution < -0.4 is 0 Å².